The van der Waals surface area contributed by atoms with Crippen LogP contribution in [0, 0.1) is 5.92 Å². The highest BCUT2D eigenvalue weighted by Gasteiger charge is 2.29. The van der Waals surface area contributed by atoms with Crippen molar-refractivity contribution in [1.29, 1.82) is 0 Å². The Morgan fingerprint density at radius 3 is 2.41 bits per heavy atom. The van der Waals surface area contributed by atoms with Gasteiger partial charge in [-0.25, -0.2) is 9.97 Å². The van der Waals surface area contributed by atoms with E-state index >= 15 is 0 Å². The Hall–Kier alpha value is -2.57. The summed E-state index contributed by atoms with van der Waals surface area (Å²) in [6, 6.07) is 4.21. The van der Waals surface area contributed by atoms with Gasteiger partial charge in [0.2, 0.25) is 5.91 Å². The van der Waals surface area contributed by atoms with Crippen LogP contribution in [0.2, 0.25) is 0 Å². The molecule has 27 heavy (non-hydrogen) atoms. The van der Waals surface area contributed by atoms with Crippen molar-refractivity contribution >= 4 is 22.6 Å². The van der Waals surface area contributed by atoms with E-state index in [1.807, 2.05) is 12.1 Å². The number of nitrogens with zero attached hydrogens (tertiary/aromatic N) is 3. The fraction of sp³-hybridized carbons (Fsp3) is 0.550. The molecule has 0 atom stereocenters. The van der Waals surface area contributed by atoms with Crippen molar-refractivity contribution in [1.82, 2.24) is 15.3 Å². The Kier molecular flexibility index (Phi) is 5.01. The van der Waals surface area contributed by atoms with Gasteiger partial charge in [0.05, 0.1) is 19.7 Å². The van der Waals surface area contributed by atoms with E-state index in [1.165, 1.54) is 6.42 Å². The number of carbonyl (C=O) groups excluding carboxylic acids is 1. The summed E-state index contributed by atoms with van der Waals surface area (Å²) in [4.78, 5) is 23.6. The van der Waals surface area contributed by atoms with Gasteiger partial charge in [-0.15, -0.1) is 0 Å². The minimum Gasteiger partial charge on any atom is -0.493 e. The largest absolute Gasteiger partial charge is 0.493 e. The smallest absolute Gasteiger partial charge is 0.223 e. The molecule has 2 heterocycles. The molecule has 4 rings (SSSR count). The number of methoxy groups -OCH3 is 2. The van der Waals surface area contributed by atoms with Gasteiger partial charge in [0, 0.05) is 36.5 Å². The topological polar surface area (TPSA) is 76.6 Å². The first kappa shape index (κ1) is 17.8. The van der Waals surface area contributed by atoms with Crippen molar-refractivity contribution in [2.24, 2.45) is 5.92 Å². The third kappa shape index (κ3) is 3.50. The Morgan fingerprint density at radius 2 is 1.78 bits per heavy atom. The minimum atomic E-state index is 0.101. The number of fused-ring (bicyclic) bond motifs is 1. The molecule has 1 N–H and O–H groups in total. The predicted octanol–water partition coefficient (Wildman–Crippen LogP) is 2.53. The zero-order chi connectivity index (χ0) is 18.8. The fourth-order valence-electron chi connectivity index (χ4n) is 3.85. The summed E-state index contributed by atoms with van der Waals surface area (Å²) >= 11 is 0. The molecule has 1 aromatic heterocycles. The second-order valence-electron chi connectivity index (χ2n) is 7.32. The van der Waals surface area contributed by atoms with Crippen LogP contribution in [0.5, 0.6) is 11.5 Å². The van der Waals surface area contributed by atoms with Gasteiger partial charge in [-0.1, -0.05) is 0 Å². The van der Waals surface area contributed by atoms with Crippen molar-refractivity contribution in [2.45, 2.75) is 38.1 Å². The van der Waals surface area contributed by atoms with Crippen LogP contribution in [-0.2, 0) is 4.79 Å². The second-order valence-corrected chi connectivity index (χ2v) is 7.32. The zero-order valence-corrected chi connectivity index (χ0v) is 15.9. The van der Waals surface area contributed by atoms with Crippen LogP contribution in [-0.4, -0.2) is 49.2 Å². The number of amides is 1. The summed E-state index contributed by atoms with van der Waals surface area (Å²) in [6.07, 6.45) is 6.76. The van der Waals surface area contributed by atoms with Gasteiger partial charge in [-0.2, -0.15) is 0 Å². The SMILES string of the molecule is COc1cc2ncnc(N3CCC(C(=O)NC4CCC4)CC3)c2cc1OC. The lowest BCUT2D eigenvalue weighted by Crippen LogP contribution is -2.46. The van der Waals surface area contributed by atoms with Crippen molar-refractivity contribution < 1.29 is 14.3 Å². The molecule has 2 aromatic rings. The van der Waals surface area contributed by atoms with E-state index in [1.54, 1.807) is 20.5 Å². The van der Waals surface area contributed by atoms with Gasteiger partial charge in [-0.3, -0.25) is 4.79 Å². The number of aromatic nitrogens is 2. The third-order valence-electron chi connectivity index (χ3n) is 5.74. The summed E-state index contributed by atoms with van der Waals surface area (Å²) in [5, 5.41) is 4.12. The number of piperidine rings is 1. The first-order valence-electron chi connectivity index (χ1n) is 9.61. The first-order valence-corrected chi connectivity index (χ1v) is 9.61. The van der Waals surface area contributed by atoms with Crippen LogP contribution in [0.15, 0.2) is 18.5 Å². The Labute approximate surface area is 159 Å². The highest BCUT2D eigenvalue weighted by atomic mass is 16.5. The summed E-state index contributed by atoms with van der Waals surface area (Å²) in [5.41, 5.74) is 0.822. The average molecular weight is 370 g/mol. The Bertz CT molecular complexity index is 829. The van der Waals surface area contributed by atoms with Crippen LogP contribution in [0.3, 0.4) is 0 Å². The fourth-order valence-corrected chi connectivity index (χ4v) is 3.85. The maximum atomic E-state index is 12.4. The molecule has 1 saturated carbocycles. The highest BCUT2D eigenvalue weighted by Crippen LogP contribution is 2.35. The zero-order valence-electron chi connectivity index (χ0n) is 15.9. The number of benzene rings is 1. The van der Waals surface area contributed by atoms with Crippen LogP contribution >= 0.6 is 0 Å². The van der Waals surface area contributed by atoms with E-state index in [2.05, 4.69) is 20.2 Å². The maximum Gasteiger partial charge on any atom is 0.223 e. The molecule has 1 saturated heterocycles. The maximum absolute atomic E-state index is 12.4. The third-order valence-corrected chi connectivity index (χ3v) is 5.74. The highest BCUT2D eigenvalue weighted by molar-refractivity contribution is 5.92. The lowest BCUT2D eigenvalue weighted by atomic mass is 9.90. The average Bonchev–Trinajstić information content (AvgIpc) is 2.69. The molecule has 7 nitrogen and oxygen atoms in total. The van der Waals surface area contributed by atoms with Crippen LogP contribution in [0.1, 0.15) is 32.1 Å². The summed E-state index contributed by atoms with van der Waals surface area (Å²) < 4.78 is 10.8. The molecule has 2 fully saturated rings. The van der Waals surface area contributed by atoms with Crippen molar-refractivity contribution in [2.75, 3.05) is 32.2 Å². The van der Waals surface area contributed by atoms with Gasteiger partial charge in [0.25, 0.3) is 0 Å². The van der Waals surface area contributed by atoms with Crippen LogP contribution < -0.4 is 19.7 Å². The van der Waals surface area contributed by atoms with E-state index in [9.17, 15) is 4.79 Å². The van der Waals surface area contributed by atoms with Crippen molar-refractivity contribution in [3.63, 3.8) is 0 Å². The first-order chi connectivity index (χ1) is 13.2. The number of anilines is 1. The molecule has 2 aliphatic rings. The molecule has 0 spiro atoms. The van der Waals surface area contributed by atoms with E-state index in [4.69, 9.17) is 9.47 Å². The number of rotatable bonds is 5. The van der Waals surface area contributed by atoms with E-state index in [0.29, 0.717) is 17.5 Å². The van der Waals surface area contributed by atoms with E-state index in [-0.39, 0.29) is 11.8 Å². The normalized spacial score (nSPS) is 18.2. The van der Waals surface area contributed by atoms with Crippen LogP contribution in [0.25, 0.3) is 10.9 Å². The van der Waals surface area contributed by atoms with Gasteiger partial charge >= 0.3 is 0 Å². The van der Waals surface area contributed by atoms with Crippen molar-refractivity contribution in [3.05, 3.63) is 18.5 Å². The van der Waals surface area contributed by atoms with E-state index in [0.717, 1.165) is 55.5 Å². The molecule has 144 valence electrons. The Morgan fingerprint density at radius 1 is 1.07 bits per heavy atom. The standard InChI is InChI=1S/C20H26N4O3/c1-26-17-10-15-16(11-18(17)27-2)21-12-22-19(15)24-8-6-13(7-9-24)20(25)23-14-4-3-5-14/h10-14H,3-9H2,1-2H3,(H,23,25). The van der Waals surface area contributed by atoms with Crippen LogP contribution in [0.4, 0.5) is 5.82 Å². The molecule has 0 radical (unpaired) electrons. The van der Waals surface area contributed by atoms with E-state index < -0.39 is 0 Å². The number of nitrogens with one attached hydrogen (secondary N) is 1. The molecule has 7 heteroatoms. The van der Waals surface area contributed by atoms with Crippen molar-refractivity contribution in [3.8, 4) is 11.5 Å². The molecule has 1 aliphatic carbocycles. The van der Waals surface area contributed by atoms with Gasteiger partial charge in [0.15, 0.2) is 11.5 Å². The quantitative estimate of drug-likeness (QED) is 0.872. The molecule has 1 amide bonds. The molecule has 1 aromatic carbocycles. The van der Waals surface area contributed by atoms with Gasteiger partial charge in [0.1, 0.15) is 12.1 Å². The lowest BCUT2D eigenvalue weighted by molar-refractivity contribution is -0.126. The number of ether oxygens (including phenoxy) is 2. The summed E-state index contributed by atoms with van der Waals surface area (Å²) in [6.45, 7) is 1.62. The number of carbonyl (C=O) groups is 1. The molecule has 1 aliphatic heterocycles. The summed E-state index contributed by atoms with van der Waals surface area (Å²) in [7, 11) is 3.24. The minimum absolute atomic E-state index is 0.101. The van der Waals surface area contributed by atoms with Gasteiger partial charge in [-0.05, 0) is 38.2 Å². The van der Waals surface area contributed by atoms with Gasteiger partial charge < -0.3 is 19.7 Å². The second kappa shape index (κ2) is 7.58. The summed E-state index contributed by atoms with van der Waals surface area (Å²) in [5.74, 6) is 2.53. The molecular formula is C20H26N4O3. The number of hydrogen-bond acceptors (Lipinski definition) is 6. The lowest BCUT2D eigenvalue weighted by Gasteiger charge is -2.34. The Balaban J connectivity index is 1.50. The molecule has 0 bridgehead atoms. The molecule has 0 unspecified atom stereocenters. The predicted molar refractivity (Wildman–Crippen MR) is 103 cm³/mol. The monoisotopic (exact) mass is 370 g/mol. The molecular weight excluding hydrogens is 344 g/mol. The number of hydrogen-bond donors (Lipinski definition) is 1.